The number of methoxy groups -OCH3 is 2. The number of rotatable bonds is 15. The Kier molecular flexibility index (Phi) is 22.1. The van der Waals surface area contributed by atoms with Gasteiger partial charge in [-0.05, 0) is 53.1 Å². The zero-order chi connectivity index (χ0) is 41.2. The number of anilines is 3. The molecule has 0 aliphatic rings. The first kappa shape index (κ1) is 46.4. The van der Waals surface area contributed by atoms with Crippen molar-refractivity contribution in [3.63, 3.8) is 0 Å². The van der Waals surface area contributed by atoms with Crippen molar-refractivity contribution in [2.24, 2.45) is 0 Å². The lowest BCUT2D eigenvalue weighted by molar-refractivity contribution is -0.142. The largest absolute Gasteiger partial charge is 0.469 e. The second kappa shape index (κ2) is 26.2. The van der Waals surface area contributed by atoms with E-state index < -0.39 is 11.9 Å². The highest BCUT2D eigenvalue weighted by atomic mass is 16.5. The van der Waals surface area contributed by atoms with Gasteiger partial charge in [-0.2, -0.15) is 0 Å². The third-order valence-corrected chi connectivity index (χ3v) is 6.91. The van der Waals surface area contributed by atoms with Crippen molar-refractivity contribution >= 4 is 64.4 Å². The maximum atomic E-state index is 11.5. The van der Waals surface area contributed by atoms with Crippen LogP contribution >= 0.6 is 0 Å². The fraction of sp³-hybridized carbons (Fsp3) is 0.333. The fourth-order valence-electron chi connectivity index (χ4n) is 4.17. The monoisotopic (exact) mass is 762 g/mol. The van der Waals surface area contributed by atoms with Gasteiger partial charge in [-0.3, -0.25) is 38.4 Å². The number of nitrogens with one attached hydrogen (secondary N) is 6. The van der Waals surface area contributed by atoms with E-state index in [9.17, 15) is 38.4 Å². The number of hydrogen-bond acceptors (Lipinski definition) is 10. The van der Waals surface area contributed by atoms with E-state index in [1.165, 1.54) is 41.9 Å². The molecular weight excluding hydrogens is 712 g/mol. The lowest BCUT2D eigenvalue weighted by Gasteiger charge is -2.07. The van der Waals surface area contributed by atoms with Crippen LogP contribution in [0.15, 0.2) is 72.8 Å². The molecule has 6 N–H and O–H groups in total. The third-order valence-electron chi connectivity index (χ3n) is 6.91. The molecule has 0 atom stereocenters. The van der Waals surface area contributed by atoms with Crippen LogP contribution in [0.1, 0.15) is 70.1 Å². The van der Waals surface area contributed by atoms with Gasteiger partial charge in [-0.1, -0.05) is 36.4 Å². The molecule has 0 saturated heterocycles. The first-order valence-electron chi connectivity index (χ1n) is 17.1. The maximum Gasteiger partial charge on any atom is 0.306 e. The van der Waals surface area contributed by atoms with Gasteiger partial charge in [0, 0.05) is 77.2 Å². The molecule has 6 amide bonds. The molecule has 0 bridgehead atoms. The van der Waals surface area contributed by atoms with Gasteiger partial charge < -0.3 is 41.4 Å². The summed E-state index contributed by atoms with van der Waals surface area (Å²) in [4.78, 5) is 87.8. The van der Waals surface area contributed by atoms with Crippen LogP contribution < -0.4 is 31.9 Å². The van der Waals surface area contributed by atoms with E-state index in [1.807, 2.05) is 36.4 Å². The summed E-state index contributed by atoms with van der Waals surface area (Å²) < 4.78 is 8.92. The van der Waals surface area contributed by atoms with E-state index in [1.54, 1.807) is 36.4 Å². The Labute approximate surface area is 320 Å². The van der Waals surface area contributed by atoms with E-state index in [2.05, 4.69) is 41.4 Å². The fourth-order valence-corrected chi connectivity index (χ4v) is 4.17. The van der Waals surface area contributed by atoms with Crippen molar-refractivity contribution in [1.29, 1.82) is 0 Å². The minimum atomic E-state index is -0.403. The Balaban J connectivity index is 0.000000421. The SMILES string of the molecule is CC(=O)Nc1ccc(NC(C)=O)cc1.COC(=O)CCC(=O)NCc1ccc(CNC(C)=O)cc1.COC(=O)CCC(=O)NCc1ccc(NC(C)=O)cc1. The third kappa shape index (κ3) is 23.6. The molecule has 0 saturated carbocycles. The van der Waals surface area contributed by atoms with Crippen molar-refractivity contribution < 1.29 is 47.8 Å². The smallest absolute Gasteiger partial charge is 0.306 e. The first-order valence-corrected chi connectivity index (χ1v) is 17.1. The second-order valence-electron chi connectivity index (χ2n) is 11.7. The van der Waals surface area contributed by atoms with Crippen LogP contribution in [-0.2, 0) is 67.5 Å². The van der Waals surface area contributed by atoms with E-state index in [4.69, 9.17) is 0 Å². The van der Waals surface area contributed by atoms with Gasteiger partial charge >= 0.3 is 11.9 Å². The van der Waals surface area contributed by atoms with Crippen LogP contribution in [0.25, 0.3) is 0 Å². The number of carbonyl (C=O) groups excluding carboxylic acids is 8. The highest BCUT2D eigenvalue weighted by Gasteiger charge is 2.08. The molecule has 16 heteroatoms. The first-order chi connectivity index (χ1) is 26.1. The van der Waals surface area contributed by atoms with Gasteiger partial charge in [0.15, 0.2) is 0 Å². The molecule has 296 valence electrons. The Hall–Kier alpha value is -6.58. The molecule has 0 aliphatic carbocycles. The number of ether oxygens (including phenoxy) is 2. The number of hydrogen-bond donors (Lipinski definition) is 6. The topological polar surface area (TPSA) is 227 Å². The standard InChI is InChI=1S/C15H20N2O4.C14H18N2O4.C10H12N2O2/c1-11(18)16-9-12-3-5-13(6-4-12)10-17-14(19)7-8-15(20)21-2;1-10(17)16-12-5-3-11(4-6-12)9-15-13(18)7-8-14(19)20-2;1-7(13)11-9-3-5-10(6-4-9)12-8(2)14/h3-6H,7-10H2,1-2H3,(H,16,18)(H,17,19);3-6H,7-9H2,1-2H3,(H,15,18)(H,16,17);3-6H,1-2H3,(H,11,13)(H,12,14). The molecule has 3 aromatic carbocycles. The van der Waals surface area contributed by atoms with Crippen LogP contribution in [0.5, 0.6) is 0 Å². The van der Waals surface area contributed by atoms with Gasteiger partial charge in [-0.15, -0.1) is 0 Å². The Bertz CT molecular complexity index is 1690. The van der Waals surface area contributed by atoms with Crippen molar-refractivity contribution in [3.8, 4) is 0 Å². The van der Waals surface area contributed by atoms with Crippen LogP contribution in [-0.4, -0.2) is 61.6 Å². The normalized spacial score (nSPS) is 9.64. The summed E-state index contributed by atoms with van der Waals surface area (Å²) in [5, 5.41) is 16.1. The average Bonchev–Trinajstić information content (AvgIpc) is 3.15. The van der Waals surface area contributed by atoms with Gasteiger partial charge in [0.05, 0.1) is 27.1 Å². The minimum Gasteiger partial charge on any atom is -0.469 e. The number of benzene rings is 3. The lowest BCUT2D eigenvalue weighted by Crippen LogP contribution is -2.23. The molecule has 0 fully saturated rings. The summed E-state index contributed by atoms with van der Waals surface area (Å²) in [6.07, 6.45) is 0.381. The maximum absolute atomic E-state index is 11.5. The zero-order valence-electron chi connectivity index (χ0n) is 32.0. The van der Waals surface area contributed by atoms with Gasteiger partial charge in [0.1, 0.15) is 0 Å². The van der Waals surface area contributed by atoms with E-state index in [0.29, 0.717) is 36.7 Å². The summed E-state index contributed by atoms with van der Waals surface area (Å²) >= 11 is 0. The number of esters is 2. The highest BCUT2D eigenvalue weighted by molar-refractivity contribution is 5.91. The number of amides is 6. The van der Waals surface area contributed by atoms with Crippen molar-refractivity contribution in [1.82, 2.24) is 16.0 Å². The van der Waals surface area contributed by atoms with Crippen LogP contribution in [0, 0.1) is 0 Å². The predicted octanol–water partition coefficient (Wildman–Crippen LogP) is 3.71. The van der Waals surface area contributed by atoms with E-state index in [-0.39, 0.29) is 61.1 Å². The molecule has 0 aliphatic heterocycles. The van der Waals surface area contributed by atoms with Crippen molar-refractivity contribution in [2.45, 2.75) is 73.0 Å². The van der Waals surface area contributed by atoms with Crippen molar-refractivity contribution in [3.05, 3.63) is 89.5 Å². The molecule has 55 heavy (non-hydrogen) atoms. The Morgan fingerprint density at radius 2 is 0.673 bits per heavy atom. The van der Waals surface area contributed by atoms with Gasteiger partial charge in [0.25, 0.3) is 0 Å². The second-order valence-corrected chi connectivity index (χ2v) is 11.7. The molecule has 0 unspecified atom stereocenters. The van der Waals surface area contributed by atoms with E-state index in [0.717, 1.165) is 16.7 Å². The molecule has 16 nitrogen and oxygen atoms in total. The van der Waals surface area contributed by atoms with Crippen LogP contribution in [0.2, 0.25) is 0 Å². The summed E-state index contributed by atoms with van der Waals surface area (Å²) in [5.41, 5.74) is 4.99. The molecule has 0 heterocycles. The van der Waals surface area contributed by atoms with Crippen LogP contribution in [0.3, 0.4) is 0 Å². The van der Waals surface area contributed by atoms with Crippen molar-refractivity contribution in [2.75, 3.05) is 30.2 Å². The van der Waals surface area contributed by atoms with E-state index >= 15 is 0 Å². The highest BCUT2D eigenvalue weighted by Crippen LogP contribution is 2.13. The van der Waals surface area contributed by atoms with Gasteiger partial charge in [0.2, 0.25) is 35.4 Å². The predicted molar refractivity (Wildman–Crippen MR) is 206 cm³/mol. The van der Waals surface area contributed by atoms with Gasteiger partial charge in [-0.25, -0.2) is 0 Å². The zero-order valence-corrected chi connectivity index (χ0v) is 32.0. The molecule has 0 aromatic heterocycles. The Morgan fingerprint density at radius 3 is 0.945 bits per heavy atom. The number of carbonyl (C=O) groups is 8. The quantitative estimate of drug-likeness (QED) is 0.123. The molecule has 0 spiro atoms. The Morgan fingerprint density at radius 1 is 0.400 bits per heavy atom. The molecular formula is C39H50N6O10. The summed E-state index contributed by atoms with van der Waals surface area (Å²) in [5.74, 6) is -1.63. The van der Waals surface area contributed by atoms with Crippen LogP contribution in [0.4, 0.5) is 17.1 Å². The summed E-state index contributed by atoms with van der Waals surface area (Å²) in [7, 11) is 2.58. The minimum absolute atomic E-state index is 0.0723. The lowest BCUT2D eigenvalue weighted by atomic mass is 10.1. The molecule has 0 radical (unpaired) electrons. The summed E-state index contributed by atoms with van der Waals surface area (Å²) in [6.45, 7) is 7.07. The molecule has 3 aromatic rings. The molecule has 3 rings (SSSR count). The summed E-state index contributed by atoms with van der Waals surface area (Å²) in [6, 6.07) is 21.6. The average molecular weight is 763 g/mol.